The van der Waals surface area contributed by atoms with Crippen molar-refractivity contribution in [3.05, 3.63) is 23.3 Å². The molecule has 0 radical (unpaired) electrons. The van der Waals surface area contributed by atoms with E-state index in [1.165, 1.54) is 11.1 Å². The Bertz CT molecular complexity index is 455. The van der Waals surface area contributed by atoms with E-state index in [-0.39, 0.29) is 12.1 Å². The van der Waals surface area contributed by atoms with E-state index in [4.69, 9.17) is 9.16 Å². The van der Waals surface area contributed by atoms with Crippen molar-refractivity contribution in [2.75, 3.05) is 6.61 Å². The summed E-state index contributed by atoms with van der Waals surface area (Å²) < 4.78 is 11.7. The van der Waals surface area contributed by atoms with Crippen LogP contribution >= 0.6 is 0 Å². The molecule has 0 saturated carbocycles. The summed E-state index contributed by atoms with van der Waals surface area (Å²) >= 11 is 0. The zero-order valence-electron chi connectivity index (χ0n) is 13.3. The average Bonchev–Trinajstić information content (AvgIpc) is 2.76. The van der Waals surface area contributed by atoms with E-state index in [0.29, 0.717) is 6.61 Å². The maximum Gasteiger partial charge on any atom is 0.311 e. The van der Waals surface area contributed by atoms with Crippen LogP contribution in [-0.4, -0.2) is 27.0 Å². The fourth-order valence-electron chi connectivity index (χ4n) is 2.40. The highest BCUT2D eigenvalue weighted by atomic mass is 28.4. The molecule has 0 aromatic heterocycles. The van der Waals surface area contributed by atoms with E-state index in [1.54, 1.807) is 0 Å². The summed E-state index contributed by atoms with van der Waals surface area (Å²) in [5, 5.41) is 0. The van der Waals surface area contributed by atoms with Gasteiger partial charge in [0.1, 0.15) is 6.10 Å². The van der Waals surface area contributed by atoms with Gasteiger partial charge < -0.3 is 9.16 Å². The lowest BCUT2D eigenvalue weighted by Gasteiger charge is -2.30. The highest BCUT2D eigenvalue weighted by Crippen LogP contribution is 2.33. The van der Waals surface area contributed by atoms with E-state index >= 15 is 0 Å². The van der Waals surface area contributed by atoms with Gasteiger partial charge in [-0.1, -0.05) is 12.2 Å². The number of carbonyl (C=O) groups is 1. The molecular formula is C16H26O3Si. The van der Waals surface area contributed by atoms with Crippen molar-refractivity contribution in [3.63, 3.8) is 0 Å². The Morgan fingerprint density at radius 3 is 2.60 bits per heavy atom. The smallest absolute Gasteiger partial charge is 0.311 e. The fourth-order valence-corrected chi connectivity index (χ4v) is 3.81. The van der Waals surface area contributed by atoms with E-state index in [0.717, 1.165) is 18.9 Å². The first-order chi connectivity index (χ1) is 9.19. The third-order valence-electron chi connectivity index (χ3n) is 3.83. The standard InChI is InChI=1S/C16H26O3Si/c1-16(2,3)15(17)19-14-8-6-7-13(14)12-9-10-20(4,5)18-11-12/h7,9,14H,6,8,10-11H2,1-5H3. The Kier molecular flexibility index (Phi) is 4.26. The van der Waals surface area contributed by atoms with Gasteiger partial charge in [-0.3, -0.25) is 4.79 Å². The van der Waals surface area contributed by atoms with Gasteiger partial charge in [-0.05, 0) is 63.9 Å². The van der Waals surface area contributed by atoms with Crippen molar-refractivity contribution >= 4 is 14.3 Å². The van der Waals surface area contributed by atoms with Gasteiger partial charge in [0.15, 0.2) is 8.32 Å². The first-order valence-electron chi connectivity index (χ1n) is 7.43. The molecule has 0 amide bonds. The molecule has 3 nitrogen and oxygen atoms in total. The van der Waals surface area contributed by atoms with Crippen molar-refractivity contribution in [1.82, 2.24) is 0 Å². The second kappa shape index (κ2) is 5.49. The fraction of sp³-hybridized carbons (Fsp3) is 0.688. The Morgan fingerprint density at radius 2 is 2.05 bits per heavy atom. The van der Waals surface area contributed by atoms with Crippen LogP contribution in [0.5, 0.6) is 0 Å². The molecule has 0 N–H and O–H groups in total. The second-order valence-electron chi connectivity index (χ2n) is 7.36. The lowest BCUT2D eigenvalue weighted by atomic mass is 9.96. The van der Waals surface area contributed by atoms with Gasteiger partial charge in [0.25, 0.3) is 0 Å². The molecule has 1 heterocycles. The molecule has 1 aliphatic heterocycles. The van der Waals surface area contributed by atoms with E-state index < -0.39 is 13.7 Å². The van der Waals surface area contributed by atoms with Gasteiger partial charge in [-0.2, -0.15) is 0 Å². The molecule has 20 heavy (non-hydrogen) atoms. The van der Waals surface area contributed by atoms with E-state index in [2.05, 4.69) is 25.2 Å². The summed E-state index contributed by atoms with van der Waals surface area (Å²) in [7, 11) is -1.48. The summed E-state index contributed by atoms with van der Waals surface area (Å²) in [6.45, 7) is 10.8. The lowest BCUT2D eigenvalue weighted by molar-refractivity contribution is -0.156. The summed E-state index contributed by atoms with van der Waals surface area (Å²) in [5.41, 5.74) is 1.95. The Morgan fingerprint density at radius 1 is 1.35 bits per heavy atom. The number of carbonyl (C=O) groups excluding carboxylic acids is 1. The third kappa shape index (κ3) is 3.61. The molecule has 0 bridgehead atoms. The minimum atomic E-state index is -1.48. The van der Waals surface area contributed by atoms with Crippen LogP contribution in [0, 0.1) is 5.41 Å². The van der Waals surface area contributed by atoms with Crippen LogP contribution in [0.1, 0.15) is 33.6 Å². The van der Waals surface area contributed by atoms with E-state index in [9.17, 15) is 4.79 Å². The molecule has 2 aliphatic rings. The average molecular weight is 294 g/mol. The maximum absolute atomic E-state index is 12.1. The number of hydrogen-bond acceptors (Lipinski definition) is 3. The van der Waals surface area contributed by atoms with Gasteiger partial charge in [0.05, 0.1) is 12.0 Å². The molecule has 1 aliphatic carbocycles. The van der Waals surface area contributed by atoms with Crippen LogP contribution in [-0.2, 0) is 14.0 Å². The molecule has 4 heteroatoms. The number of hydrogen-bond donors (Lipinski definition) is 0. The van der Waals surface area contributed by atoms with Crippen molar-refractivity contribution in [2.24, 2.45) is 5.41 Å². The Hall–Kier alpha value is -0.873. The number of esters is 1. The minimum Gasteiger partial charge on any atom is -0.457 e. The largest absolute Gasteiger partial charge is 0.457 e. The van der Waals surface area contributed by atoms with Gasteiger partial charge >= 0.3 is 5.97 Å². The molecule has 0 aromatic rings. The normalized spacial score (nSPS) is 25.9. The topological polar surface area (TPSA) is 35.5 Å². The maximum atomic E-state index is 12.1. The predicted octanol–water partition coefficient (Wildman–Crippen LogP) is 3.83. The Labute approximate surface area is 123 Å². The summed E-state index contributed by atoms with van der Waals surface area (Å²) in [4.78, 5) is 12.1. The Balaban J connectivity index is 2.05. The molecule has 0 saturated heterocycles. The SMILES string of the molecule is CC(C)(C)C(=O)OC1CCC=C1C1=CC[Si](C)(C)OC1. The van der Waals surface area contributed by atoms with Crippen LogP contribution in [0.25, 0.3) is 0 Å². The van der Waals surface area contributed by atoms with Gasteiger partial charge in [-0.25, -0.2) is 0 Å². The first kappa shape index (κ1) is 15.5. The van der Waals surface area contributed by atoms with Crippen molar-refractivity contribution < 1.29 is 14.0 Å². The zero-order valence-corrected chi connectivity index (χ0v) is 14.3. The molecule has 0 aromatic carbocycles. The summed E-state index contributed by atoms with van der Waals surface area (Å²) in [5.74, 6) is -0.123. The highest BCUT2D eigenvalue weighted by molar-refractivity contribution is 6.71. The van der Waals surface area contributed by atoms with Crippen molar-refractivity contribution in [3.8, 4) is 0 Å². The van der Waals surface area contributed by atoms with Crippen LogP contribution < -0.4 is 0 Å². The highest BCUT2D eigenvalue weighted by Gasteiger charge is 2.33. The molecule has 1 atom stereocenters. The molecule has 112 valence electrons. The molecule has 0 spiro atoms. The third-order valence-corrected chi connectivity index (χ3v) is 5.94. The lowest BCUT2D eigenvalue weighted by Crippen LogP contribution is -2.35. The minimum absolute atomic E-state index is 0.0838. The van der Waals surface area contributed by atoms with Gasteiger partial charge in [0.2, 0.25) is 0 Å². The van der Waals surface area contributed by atoms with Crippen molar-refractivity contribution in [1.29, 1.82) is 0 Å². The first-order valence-corrected chi connectivity index (χ1v) is 10.5. The molecule has 1 unspecified atom stereocenters. The van der Waals surface area contributed by atoms with Crippen molar-refractivity contribution in [2.45, 2.75) is 58.9 Å². The van der Waals surface area contributed by atoms with Crippen LogP contribution in [0.4, 0.5) is 0 Å². The second-order valence-corrected chi connectivity index (χ2v) is 11.6. The van der Waals surface area contributed by atoms with Crippen LogP contribution in [0.3, 0.4) is 0 Å². The number of allylic oxidation sites excluding steroid dienone is 2. The number of rotatable bonds is 2. The van der Waals surface area contributed by atoms with Gasteiger partial charge in [-0.15, -0.1) is 0 Å². The molecular weight excluding hydrogens is 268 g/mol. The quantitative estimate of drug-likeness (QED) is 0.573. The van der Waals surface area contributed by atoms with Crippen LogP contribution in [0.2, 0.25) is 19.1 Å². The monoisotopic (exact) mass is 294 g/mol. The van der Waals surface area contributed by atoms with Gasteiger partial charge in [0, 0.05) is 0 Å². The van der Waals surface area contributed by atoms with Crippen LogP contribution in [0.15, 0.2) is 23.3 Å². The number of ether oxygens (including phenoxy) is 1. The molecule has 2 rings (SSSR count). The molecule has 0 fully saturated rings. The zero-order chi connectivity index (χ0) is 15.0. The predicted molar refractivity (Wildman–Crippen MR) is 83.0 cm³/mol. The summed E-state index contributed by atoms with van der Waals surface area (Å²) in [6, 6.07) is 1.04. The van der Waals surface area contributed by atoms with E-state index in [1.807, 2.05) is 20.8 Å². The summed E-state index contributed by atoms with van der Waals surface area (Å²) in [6.07, 6.45) is 6.30.